The summed E-state index contributed by atoms with van der Waals surface area (Å²) in [6.45, 7) is 7.41. The van der Waals surface area contributed by atoms with Crippen molar-refractivity contribution < 1.29 is 14.6 Å². The van der Waals surface area contributed by atoms with Crippen LogP contribution in [0, 0.1) is 5.41 Å². The van der Waals surface area contributed by atoms with Crippen molar-refractivity contribution in [2.24, 2.45) is 5.41 Å². The van der Waals surface area contributed by atoms with Crippen LogP contribution < -0.4 is 4.90 Å². The molecule has 0 bridgehead atoms. The second-order valence-corrected chi connectivity index (χ2v) is 8.68. The molecule has 0 radical (unpaired) electrons. The van der Waals surface area contributed by atoms with Crippen molar-refractivity contribution in [3.63, 3.8) is 0 Å². The van der Waals surface area contributed by atoms with Crippen molar-refractivity contribution in [1.29, 1.82) is 0 Å². The number of ether oxygens (including phenoxy) is 1. The van der Waals surface area contributed by atoms with Crippen molar-refractivity contribution in [3.05, 3.63) is 34.7 Å². The first-order chi connectivity index (χ1) is 11.9. The first kappa shape index (κ1) is 16.6. The minimum Gasteiger partial charge on any atom is -0.508 e. The molecule has 1 N–H and O–H groups in total. The molecule has 0 amide bonds. The molecule has 2 aromatic rings. The fourth-order valence-corrected chi connectivity index (χ4v) is 5.18. The van der Waals surface area contributed by atoms with E-state index in [1.807, 2.05) is 12.1 Å². The molecule has 0 saturated carbocycles. The standard InChI is InChI=1S/C20H23NO3S/c1-20(2)11-15-17(13-4-3-5-14(22)10-13)19(21-6-8-24-9-7-21)25-18(15)16(23)12-20/h3-5,10,22H,6-9,11-12H2,1-2H3. The number of benzene rings is 1. The van der Waals surface area contributed by atoms with Gasteiger partial charge in [-0.25, -0.2) is 0 Å². The Bertz CT molecular complexity index is 818. The molecule has 0 spiro atoms. The number of morpholine rings is 1. The predicted octanol–water partition coefficient (Wildman–Crippen LogP) is 4.11. The third-order valence-electron chi connectivity index (χ3n) is 4.97. The summed E-state index contributed by atoms with van der Waals surface area (Å²) in [5.41, 5.74) is 3.24. The first-order valence-electron chi connectivity index (χ1n) is 8.75. The second kappa shape index (κ2) is 6.15. The number of thiophene rings is 1. The number of anilines is 1. The third kappa shape index (κ3) is 3.07. The van der Waals surface area contributed by atoms with Crippen LogP contribution in [0.15, 0.2) is 24.3 Å². The average Bonchev–Trinajstić information content (AvgIpc) is 2.94. The Morgan fingerprint density at radius 3 is 2.68 bits per heavy atom. The van der Waals surface area contributed by atoms with E-state index in [0.717, 1.165) is 46.1 Å². The number of carbonyl (C=O) groups excluding carboxylic acids is 1. The van der Waals surface area contributed by atoms with Gasteiger partial charge in [0.2, 0.25) is 0 Å². The molecule has 1 aliphatic carbocycles. The molecule has 1 fully saturated rings. The quantitative estimate of drug-likeness (QED) is 0.879. The van der Waals surface area contributed by atoms with Crippen LogP contribution in [0.5, 0.6) is 5.75 Å². The number of aromatic hydroxyl groups is 1. The summed E-state index contributed by atoms with van der Waals surface area (Å²) in [7, 11) is 0. The van der Waals surface area contributed by atoms with E-state index in [1.54, 1.807) is 23.5 Å². The SMILES string of the molecule is CC1(C)CC(=O)c2sc(N3CCOCC3)c(-c3cccc(O)c3)c2C1. The van der Waals surface area contributed by atoms with Crippen LogP contribution in [-0.2, 0) is 11.2 Å². The number of hydrogen-bond acceptors (Lipinski definition) is 5. The number of rotatable bonds is 2. The lowest BCUT2D eigenvalue weighted by Gasteiger charge is -2.30. The number of nitrogens with zero attached hydrogens (tertiary/aromatic N) is 1. The largest absolute Gasteiger partial charge is 0.508 e. The van der Waals surface area contributed by atoms with Gasteiger partial charge in [-0.2, -0.15) is 0 Å². The summed E-state index contributed by atoms with van der Waals surface area (Å²) in [4.78, 5) is 16.0. The molecule has 1 saturated heterocycles. The summed E-state index contributed by atoms with van der Waals surface area (Å²) < 4.78 is 5.50. The van der Waals surface area contributed by atoms with Gasteiger partial charge in [-0.05, 0) is 35.1 Å². The van der Waals surface area contributed by atoms with E-state index in [-0.39, 0.29) is 16.9 Å². The highest BCUT2D eigenvalue weighted by atomic mass is 32.1. The molecule has 2 aliphatic rings. The molecular formula is C20H23NO3S. The van der Waals surface area contributed by atoms with E-state index in [2.05, 4.69) is 18.7 Å². The average molecular weight is 357 g/mol. The molecule has 2 heterocycles. The summed E-state index contributed by atoms with van der Waals surface area (Å²) in [5.74, 6) is 0.504. The summed E-state index contributed by atoms with van der Waals surface area (Å²) in [6.07, 6.45) is 1.49. The van der Waals surface area contributed by atoms with Gasteiger partial charge >= 0.3 is 0 Å². The summed E-state index contributed by atoms with van der Waals surface area (Å²) in [5, 5.41) is 11.1. The van der Waals surface area contributed by atoms with E-state index < -0.39 is 0 Å². The van der Waals surface area contributed by atoms with Gasteiger partial charge in [0.1, 0.15) is 5.75 Å². The number of Topliss-reactive ketones (excluding diaryl/α,β-unsaturated/α-hetero) is 1. The minimum atomic E-state index is -0.0288. The topological polar surface area (TPSA) is 49.8 Å². The zero-order chi connectivity index (χ0) is 17.6. The van der Waals surface area contributed by atoms with Crippen molar-refractivity contribution >= 4 is 22.1 Å². The van der Waals surface area contributed by atoms with E-state index in [0.29, 0.717) is 19.6 Å². The lowest BCUT2D eigenvalue weighted by Crippen LogP contribution is -2.36. The molecule has 0 unspecified atom stereocenters. The highest BCUT2D eigenvalue weighted by Crippen LogP contribution is 2.49. The van der Waals surface area contributed by atoms with Gasteiger partial charge in [-0.1, -0.05) is 26.0 Å². The van der Waals surface area contributed by atoms with Gasteiger partial charge in [0.05, 0.1) is 23.1 Å². The summed E-state index contributed by atoms with van der Waals surface area (Å²) in [6, 6.07) is 7.38. The molecule has 4 nitrogen and oxygen atoms in total. The Morgan fingerprint density at radius 2 is 1.96 bits per heavy atom. The molecule has 1 aromatic heterocycles. The monoisotopic (exact) mass is 357 g/mol. The molecule has 4 rings (SSSR count). The molecule has 25 heavy (non-hydrogen) atoms. The zero-order valence-corrected chi connectivity index (χ0v) is 15.5. The lowest BCUT2D eigenvalue weighted by molar-refractivity contribution is 0.0918. The number of hydrogen-bond donors (Lipinski definition) is 1. The van der Waals surface area contributed by atoms with E-state index in [9.17, 15) is 9.90 Å². The molecule has 132 valence electrons. The zero-order valence-electron chi connectivity index (χ0n) is 14.7. The maximum atomic E-state index is 12.8. The second-order valence-electron chi connectivity index (χ2n) is 7.68. The Balaban J connectivity index is 1.91. The number of ketones is 1. The van der Waals surface area contributed by atoms with Gasteiger partial charge in [0, 0.05) is 25.1 Å². The van der Waals surface area contributed by atoms with Crippen molar-refractivity contribution in [3.8, 4) is 16.9 Å². The van der Waals surface area contributed by atoms with Gasteiger partial charge in [0.15, 0.2) is 5.78 Å². The van der Waals surface area contributed by atoms with Gasteiger partial charge in [0.25, 0.3) is 0 Å². The van der Waals surface area contributed by atoms with Crippen LogP contribution in [-0.4, -0.2) is 37.2 Å². The van der Waals surface area contributed by atoms with Gasteiger partial charge < -0.3 is 14.7 Å². The Hall–Kier alpha value is -1.85. The number of phenols is 1. The maximum absolute atomic E-state index is 12.8. The lowest BCUT2D eigenvalue weighted by atomic mass is 9.75. The molecule has 0 atom stereocenters. The van der Waals surface area contributed by atoms with Crippen LogP contribution >= 0.6 is 11.3 Å². The Kier molecular flexibility index (Phi) is 4.08. The van der Waals surface area contributed by atoms with Gasteiger partial charge in [-0.3, -0.25) is 4.79 Å². The fraction of sp³-hybridized carbons (Fsp3) is 0.450. The number of fused-ring (bicyclic) bond motifs is 1. The van der Waals surface area contributed by atoms with Crippen LogP contribution in [0.2, 0.25) is 0 Å². The van der Waals surface area contributed by atoms with E-state index in [4.69, 9.17) is 4.74 Å². The predicted molar refractivity (Wildman–Crippen MR) is 101 cm³/mol. The fourth-order valence-electron chi connectivity index (χ4n) is 3.85. The van der Waals surface area contributed by atoms with Crippen LogP contribution in [0.1, 0.15) is 35.5 Å². The Labute approximate surface area is 152 Å². The smallest absolute Gasteiger partial charge is 0.173 e. The number of phenolic OH excluding ortho intramolecular Hbond substituents is 1. The van der Waals surface area contributed by atoms with Crippen molar-refractivity contribution in [1.82, 2.24) is 0 Å². The van der Waals surface area contributed by atoms with Crippen LogP contribution in [0.25, 0.3) is 11.1 Å². The van der Waals surface area contributed by atoms with Crippen LogP contribution in [0.4, 0.5) is 5.00 Å². The highest BCUT2D eigenvalue weighted by Gasteiger charge is 2.37. The van der Waals surface area contributed by atoms with Crippen LogP contribution in [0.3, 0.4) is 0 Å². The third-order valence-corrected chi connectivity index (χ3v) is 6.30. The highest BCUT2D eigenvalue weighted by molar-refractivity contribution is 7.19. The first-order valence-corrected chi connectivity index (χ1v) is 9.57. The normalized spacial score (nSPS) is 19.8. The summed E-state index contributed by atoms with van der Waals surface area (Å²) >= 11 is 1.62. The molecular weight excluding hydrogens is 334 g/mol. The van der Waals surface area contributed by atoms with E-state index in [1.165, 1.54) is 0 Å². The van der Waals surface area contributed by atoms with Gasteiger partial charge in [-0.15, -0.1) is 11.3 Å². The minimum absolute atomic E-state index is 0.0288. The van der Waals surface area contributed by atoms with Crippen molar-refractivity contribution in [2.75, 3.05) is 31.2 Å². The number of carbonyl (C=O) groups is 1. The molecule has 1 aliphatic heterocycles. The Morgan fingerprint density at radius 1 is 1.20 bits per heavy atom. The van der Waals surface area contributed by atoms with E-state index >= 15 is 0 Å². The van der Waals surface area contributed by atoms with Crippen molar-refractivity contribution in [2.45, 2.75) is 26.7 Å². The maximum Gasteiger partial charge on any atom is 0.173 e. The molecule has 1 aromatic carbocycles. The molecule has 5 heteroatoms.